The van der Waals surface area contributed by atoms with Gasteiger partial charge in [-0.2, -0.15) is 0 Å². The molecule has 0 fully saturated rings. The topological polar surface area (TPSA) is 156 Å². The minimum Gasteiger partial charge on any atom is -0.481 e. The Bertz CT molecular complexity index is 1630. The molecule has 0 saturated carbocycles. The summed E-state index contributed by atoms with van der Waals surface area (Å²) in [6.45, 7) is 1.25. The third-order valence-corrected chi connectivity index (χ3v) is 9.38. The van der Waals surface area contributed by atoms with E-state index in [1.54, 1.807) is 23.1 Å². The quantitative estimate of drug-likeness (QED) is 0.0968. The van der Waals surface area contributed by atoms with Crippen LogP contribution < -0.4 is 25.4 Å². The van der Waals surface area contributed by atoms with Crippen molar-refractivity contribution in [2.45, 2.75) is 57.5 Å². The van der Waals surface area contributed by atoms with Crippen LogP contribution in [-0.2, 0) is 34.0 Å². The Morgan fingerprint density at radius 1 is 0.857 bits per heavy atom. The fourth-order valence-corrected chi connectivity index (χ4v) is 6.66. The lowest BCUT2D eigenvalue weighted by atomic mass is 10.0. The second-order valence-electron chi connectivity index (χ2n) is 11.3. The SMILES string of the molecule is O=C(O)CC(NC(=O)N[C@H](CCCCNC(=O)OCc1ccccc1)C(=O)N(Cc1cccs1)Cc1cccs1)c1ccc2c(c1)OCO2. The highest BCUT2D eigenvalue weighted by atomic mass is 32.1. The zero-order chi connectivity index (χ0) is 34.4. The second-order valence-corrected chi connectivity index (χ2v) is 13.3. The fraction of sp³-hybridized carbons (Fsp3) is 0.314. The van der Waals surface area contributed by atoms with Gasteiger partial charge < -0.3 is 40.2 Å². The smallest absolute Gasteiger partial charge is 0.407 e. The van der Waals surface area contributed by atoms with Crippen LogP contribution in [0.4, 0.5) is 9.59 Å². The van der Waals surface area contributed by atoms with Gasteiger partial charge in [0.1, 0.15) is 12.6 Å². The molecule has 0 spiro atoms. The first-order chi connectivity index (χ1) is 23.8. The van der Waals surface area contributed by atoms with Crippen molar-refractivity contribution in [3.05, 3.63) is 104 Å². The molecule has 2 aromatic heterocycles. The Hall–Kier alpha value is -5.08. The number of alkyl carbamates (subject to hydrolysis) is 1. The zero-order valence-corrected chi connectivity index (χ0v) is 28.3. The number of rotatable bonds is 17. The fourth-order valence-electron chi connectivity index (χ4n) is 5.22. The molecule has 0 aliphatic carbocycles. The van der Waals surface area contributed by atoms with Gasteiger partial charge in [-0.15, -0.1) is 22.7 Å². The lowest BCUT2D eigenvalue weighted by Crippen LogP contribution is -2.51. The number of carboxylic acid groups (broad SMARTS) is 1. The minimum atomic E-state index is -1.11. The van der Waals surface area contributed by atoms with Crippen molar-refractivity contribution < 1.29 is 38.5 Å². The van der Waals surface area contributed by atoms with Crippen LogP contribution in [0.2, 0.25) is 0 Å². The van der Waals surface area contributed by atoms with Gasteiger partial charge in [0.05, 0.1) is 25.6 Å². The largest absolute Gasteiger partial charge is 0.481 e. The summed E-state index contributed by atoms with van der Waals surface area (Å²) in [5.41, 5.74) is 1.40. The molecule has 49 heavy (non-hydrogen) atoms. The molecular weight excluding hydrogens is 669 g/mol. The summed E-state index contributed by atoms with van der Waals surface area (Å²) in [5.74, 6) is -0.393. The highest BCUT2D eigenvalue weighted by Gasteiger charge is 2.29. The summed E-state index contributed by atoms with van der Waals surface area (Å²) in [4.78, 5) is 55.3. The number of ether oxygens (including phenoxy) is 3. The van der Waals surface area contributed by atoms with Crippen molar-refractivity contribution in [1.82, 2.24) is 20.9 Å². The molecule has 14 heteroatoms. The molecule has 0 radical (unpaired) electrons. The maximum atomic E-state index is 14.2. The van der Waals surface area contributed by atoms with Crippen LogP contribution in [0.25, 0.3) is 0 Å². The Morgan fingerprint density at radius 3 is 2.24 bits per heavy atom. The number of fused-ring (bicyclic) bond motifs is 1. The normalized spacial score (nSPS) is 12.8. The Labute approximate surface area is 292 Å². The number of urea groups is 1. The first kappa shape index (κ1) is 35.2. The highest BCUT2D eigenvalue weighted by molar-refractivity contribution is 7.10. The first-order valence-corrected chi connectivity index (χ1v) is 17.6. The Kier molecular flexibility index (Phi) is 12.9. The number of nitrogens with zero attached hydrogens (tertiary/aromatic N) is 1. The molecular formula is C35H38N4O8S2. The van der Waals surface area contributed by atoms with Crippen LogP contribution in [0.15, 0.2) is 83.6 Å². The third kappa shape index (κ3) is 11.0. The number of carbonyl (C=O) groups excluding carboxylic acids is 3. The van der Waals surface area contributed by atoms with Crippen molar-refractivity contribution in [2.24, 2.45) is 0 Å². The average Bonchev–Trinajstić information content (AvgIpc) is 3.90. The molecule has 258 valence electrons. The molecule has 4 N–H and O–H groups in total. The van der Waals surface area contributed by atoms with E-state index in [1.165, 1.54) is 22.7 Å². The van der Waals surface area contributed by atoms with Crippen molar-refractivity contribution >= 4 is 46.7 Å². The number of benzene rings is 2. The van der Waals surface area contributed by atoms with Crippen molar-refractivity contribution in [1.29, 1.82) is 0 Å². The third-order valence-electron chi connectivity index (χ3n) is 7.65. The van der Waals surface area contributed by atoms with Crippen molar-refractivity contribution in [3.63, 3.8) is 0 Å². The summed E-state index contributed by atoms with van der Waals surface area (Å²) in [6, 6.07) is 19.6. The molecule has 12 nitrogen and oxygen atoms in total. The van der Waals surface area contributed by atoms with Gasteiger partial charge >= 0.3 is 18.1 Å². The van der Waals surface area contributed by atoms with Crippen LogP contribution in [0.5, 0.6) is 11.5 Å². The standard InChI is InChI=1S/C35H38N4O8S2/c40-32(41)19-29(25-13-14-30-31(18-25)47-23-46-30)38-34(43)37-28(12-4-5-15-36-35(44)45-22-24-8-2-1-3-9-24)33(42)39(20-26-10-6-16-48-26)21-27-11-7-17-49-27/h1-3,6-11,13-14,16-18,28-29H,4-5,12,15,19-23H2,(H,36,44)(H,40,41)(H2,37,38,43)/t28-,29?/m1/s1. The van der Waals surface area contributed by atoms with E-state index in [2.05, 4.69) is 16.0 Å². The summed E-state index contributed by atoms with van der Waals surface area (Å²) in [5, 5.41) is 21.8. The number of nitrogens with one attached hydrogen (secondary N) is 3. The molecule has 3 heterocycles. The molecule has 4 amide bonds. The average molecular weight is 707 g/mol. The maximum Gasteiger partial charge on any atom is 0.407 e. The minimum absolute atomic E-state index is 0.0535. The number of carboxylic acids is 1. The molecule has 4 aromatic rings. The molecule has 1 aliphatic rings. The number of aliphatic carboxylic acids is 1. The number of hydrogen-bond donors (Lipinski definition) is 4. The predicted octanol–water partition coefficient (Wildman–Crippen LogP) is 6.05. The molecule has 1 aliphatic heterocycles. The summed E-state index contributed by atoms with van der Waals surface area (Å²) < 4.78 is 16.1. The van der Waals surface area contributed by atoms with E-state index in [4.69, 9.17) is 14.2 Å². The van der Waals surface area contributed by atoms with Gasteiger partial charge in [-0.25, -0.2) is 9.59 Å². The van der Waals surface area contributed by atoms with E-state index in [-0.39, 0.29) is 32.1 Å². The maximum absolute atomic E-state index is 14.2. The number of carbonyl (C=O) groups is 4. The van der Waals surface area contributed by atoms with E-state index in [0.717, 1.165) is 15.3 Å². The predicted molar refractivity (Wildman–Crippen MR) is 184 cm³/mol. The molecule has 0 bridgehead atoms. The van der Waals surface area contributed by atoms with Crippen LogP contribution in [0, 0.1) is 0 Å². The van der Waals surface area contributed by atoms with E-state index in [9.17, 15) is 24.3 Å². The van der Waals surface area contributed by atoms with Crippen LogP contribution >= 0.6 is 22.7 Å². The molecule has 2 atom stereocenters. The van der Waals surface area contributed by atoms with Gasteiger partial charge in [0.2, 0.25) is 12.7 Å². The van der Waals surface area contributed by atoms with E-state index in [1.807, 2.05) is 65.4 Å². The van der Waals surface area contributed by atoms with Crippen molar-refractivity contribution in [2.75, 3.05) is 13.3 Å². The van der Waals surface area contributed by atoms with Crippen LogP contribution in [0.3, 0.4) is 0 Å². The molecule has 1 unspecified atom stereocenters. The monoisotopic (exact) mass is 706 g/mol. The Balaban J connectivity index is 1.24. The Morgan fingerprint density at radius 2 is 1.57 bits per heavy atom. The number of unbranched alkanes of at least 4 members (excludes halogenated alkanes) is 1. The van der Waals surface area contributed by atoms with E-state index in [0.29, 0.717) is 49.5 Å². The van der Waals surface area contributed by atoms with Gasteiger partial charge in [-0.3, -0.25) is 9.59 Å². The summed E-state index contributed by atoms with van der Waals surface area (Å²) >= 11 is 3.08. The summed E-state index contributed by atoms with van der Waals surface area (Å²) in [7, 11) is 0. The highest BCUT2D eigenvalue weighted by Crippen LogP contribution is 2.35. The van der Waals surface area contributed by atoms with Crippen LogP contribution in [0.1, 0.15) is 52.6 Å². The zero-order valence-electron chi connectivity index (χ0n) is 26.7. The van der Waals surface area contributed by atoms with Crippen molar-refractivity contribution in [3.8, 4) is 11.5 Å². The van der Waals surface area contributed by atoms with Gasteiger partial charge in [0.25, 0.3) is 0 Å². The van der Waals surface area contributed by atoms with Gasteiger partial charge in [0, 0.05) is 16.3 Å². The lowest BCUT2D eigenvalue weighted by molar-refractivity contribution is -0.137. The number of thiophene rings is 2. The first-order valence-electron chi connectivity index (χ1n) is 15.8. The van der Waals surface area contributed by atoms with Gasteiger partial charge in [0.15, 0.2) is 11.5 Å². The number of amides is 4. The second kappa shape index (κ2) is 17.9. The van der Waals surface area contributed by atoms with Gasteiger partial charge in [-0.1, -0.05) is 48.5 Å². The number of hydrogen-bond acceptors (Lipinski definition) is 9. The lowest BCUT2D eigenvalue weighted by Gasteiger charge is -2.28. The molecule has 2 aromatic carbocycles. The molecule has 5 rings (SSSR count). The molecule has 0 saturated heterocycles. The van der Waals surface area contributed by atoms with Crippen LogP contribution in [-0.4, -0.2) is 53.4 Å². The summed E-state index contributed by atoms with van der Waals surface area (Å²) in [6.07, 6.45) is 0.386. The van der Waals surface area contributed by atoms with E-state index < -0.39 is 30.2 Å². The van der Waals surface area contributed by atoms with Gasteiger partial charge in [-0.05, 0) is 65.4 Å². The van der Waals surface area contributed by atoms with E-state index >= 15 is 0 Å².